The van der Waals surface area contributed by atoms with Crippen LogP contribution in [0.5, 0.6) is 5.75 Å². The quantitative estimate of drug-likeness (QED) is 0.665. The molecular formula is C16H12F4N4O2. The van der Waals surface area contributed by atoms with Crippen LogP contribution in [0.15, 0.2) is 47.3 Å². The molecule has 0 spiro atoms. The van der Waals surface area contributed by atoms with Crippen molar-refractivity contribution in [2.75, 3.05) is 0 Å². The van der Waals surface area contributed by atoms with Crippen molar-refractivity contribution < 1.29 is 22.3 Å². The van der Waals surface area contributed by atoms with Crippen molar-refractivity contribution in [2.24, 2.45) is 7.05 Å². The molecule has 26 heavy (non-hydrogen) atoms. The highest BCUT2D eigenvalue weighted by Crippen LogP contribution is 2.35. The van der Waals surface area contributed by atoms with Crippen LogP contribution in [0, 0.1) is 5.82 Å². The highest BCUT2D eigenvalue weighted by Gasteiger charge is 2.35. The largest absolute Gasteiger partial charge is 0.486 e. The van der Waals surface area contributed by atoms with Crippen LogP contribution in [-0.4, -0.2) is 19.8 Å². The maximum absolute atomic E-state index is 13.7. The maximum Gasteiger partial charge on any atom is 0.416 e. The molecule has 10 heteroatoms. The number of aryl methyl sites for hydroxylation is 1. The number of nitrogens with zero attached hydrogens (tertiary/aromatic N) is 4. The fourth-order valence-corrected chi connectivity index (χ4v) is 2.37. The van der Waals surface area contributed by atoms with Gasteiger partial charge in [-0.15, -0.1) is 0 Å². The molecule has 2 aromatic carbocycles. The molecule has 0 aliphatic rings. The second-order valence-corrected chi connectivity index (χ2v) is 5.32. The summed E-state index contributed by atoms with van der Waals surface area (Å²) in [5.41, 5.74) is -2.24. The average molecular weight is 368 g/mol. The summed E-state index contributed by atoms with van der Waals surface area (Å²) < 4.78 is 60.7. The van der Waals surface area contributed by atoms with Crippen molar-refractivity contribution in [1.29, 1.82) is 0 Å². The Morgan fingerprint density at radius 1 is 1.08 bits per heavy atom. The molecule has 3 rings (SSSR count). The summed E-state index contributed by atoms with van der Waals surface area (Å²) in [6.45, 7) is -0.616. The SMILES string of the molecule is Cn1nnn(-c2cccc(C(F)(F)F)c2COc2ccccc2F)c1=O. The Morgan fingerprint density at radius 2 is 1.81 bits per heavy atom. The molecular weight excluding hydrogens is 356 g/mol. The lowest BCUT2D eigenvalue weighted by molar-refractivity contribution is -0.138. The van der Waals surface area contributed by atoms with Gasteiger partial charge in [0, 0.05) is 12.6 Å². The first-order chi connectivity index (χ1) is 12.3. The smallest absolute Gasteiger partial charge is 0.416 e. The number of hydrogen-bond acceptors (Lipinski definition) is 4. The molecule has 6 nitrogen and oxygen atoms in total. The van der Waals surface area contributed by atoms with Crippen LogP contribution >= 0.6 is 0 Å². The molecule has 0 bridgehead atoms. The number of halogens is 4. The summed E-state index contributed by atoms with van der Waals surface area (Å²) in [5, 5.41) is 7.06. The Hall–Kier alpha value is -3.17. The molecule has 0 amide bonds. The lowest BCUT2D eigenvalue weighted by Crippen LogP contribution is -2.24. The third-order valence-corrected chi connectivity index (χ3v) is 3.62. The van der Waals surface area contributed by atoms with E-state index in [4.69, 9.17) is 4.74 Å². The van der Waals surface area contributed by atoms with Gasteiger partial charge in [-0.25, -0.2) is 9.18 Å². The van der Waals surface area contributed by atoms with E-state index in [0.717, 1.165) is 27.6 Å². The van der Waals surface area contributed by atoms with Crippen LogP contribution in [0.3, 0.4) is 0 Å². The minimum Gasteiger partial charge on any atom is -0.486 e. The standard InChI is InChI=1S/C16H12F4N4O2/c1-23-15(25)24(22-21-23)13-7-4-5-11(16(18,19)20)10(13)9-26-14-8-3-2-6-12(14)17/h2-8H,9H2,1H3. The summed E-state index contributed by atoms with van der Waals surface area (Å²) in [5.74, 6) is -0.919. The Morgan fingerprint density at radius 3 is 2.42 bits per heavy atom. The number of benzene rings is 2. The van der Waals surface area contributed by atoms with Gasteiger partial charge in [-0.2, -0.15) is 22.5 Å². The predicted octanol–water partition coefficient (Wildman–Crippen LogP) is 2.70. The molecule has 0 saturated heterocycles. The minimum absolute atomic E-state index is 0.144. The molecule has 0 atom stereocenters. The van der Waals surface area contributed by atoms with Crippen LogP contribution in [-0.2, 0) is 19.8 Å². The second-order valence-electron chi connectivity index (χ2n) is 5.32. The van der Waals surface area contributed by atoms with Crippen molar-refractivity contribution in [1.82, 2.24) is 19.8 Å². The number of hydrogen-bond donors (Lipinski definition) is 0. The number of ether oxygens (including phenoxy) is 1. The number of aromatic nitrogens is 4. The lowest BCUT2D eigenvalue weighted by atomic mass is 10.1. The zero-order chi connectivity index (χ0) is 18.9. The van der Waals surface area contributed by atoms with Gasteiger partial charge in [0.1, 0.15) is 6.61 Å². The topological polar surface area (TPSA) is 61.9 Å². The van der Waals surface area contributed by atoms with Gasteiger partial charge in [-0.3, -0.25) is 0 Å². The first-order valence-corrected chi connectivity index (χ1v) is 7.35. The van der Waals surface area contributed by atoms with Gasteiger partial charge in [-0.05, 0) is 34.7 Å². The lowest BCUT2D eigenvalue weighted by Gasteiger charge is -2.17. The summed E-state index contributed by atoms with van der Waals surface area (Å²) in [6, 6.07) is 8.61. The van der Waals surface area contributed by atoms with Crippen LogP contribution in [0.2, 0.25) is 0 Å². The van der Waals surface area contributed by atoms with Crippen LogP contribution in [0.4, 0.5) is 17.6 Å². The Labute approximate surface area is 144 Å². The van der Waals surface area contributed by atoms with Crippen molar-refractivity contribution >= 4 is 0 Å². The van der Waals surface area contributed by atoms with Gasteiger partial charge in [-0.1, -0.05) is 18.2 Å². The van der Waals surface area contributed by atoms with Gasteiger partial charge >= 0.3 is 11.9 Å². The predicted molar refractivity (Wildman–Crippen MR) is 82.3 cm³/mol. The molecule has 0 radical (unpaired) electrons. The van der Waals surface area contributed by atoms with Crippen LogP contribution < -0.4 is 10.4 Å². The van der Waals surface area contributed by atoms with Crippen molar-refractivity contribution in [3.63, 3.8) is 0 Å². The Bertz CT molecular complexity index is 994. The van der Waals surface area contributed by atoms with E-state index in [1.165, 1.54) is 31.3 Å². The molecule has 0 fully saturated rings. The van der Waals surface area contributed by atoms with Gasteiger partial charge in [0.15, 0.2) is 11.6 Å². The van der Waals surface area contributed by atoms with E-state index >= 15 is 0 Å². The normalized spacial score (nSPS) is 11.6. The van der Waals surface area contributed by atoms with E-state index < -0.39 is 29.9 Å². The van der Waals surface area contributed by atoms with Crippen molar-refractivity contribution in [3.05, 3.63) is 69.9 Å². The summed E-state index contributed by atoms with van der Waals surface area (Å²) in [6.07, 6.45) is -4.70. The molecule has 1 heterocycles. The van der Waals surface area contributed by atoms with E-state index in [0.29, 0.717) is 0 Å². The van der Waals surface area contributed by atoms with Gasteiger partial charge in [0.05, 0.1) is 11.3 Å². The first kappa shape index (κ1) is 17.6. The van der Waals surface area contributed by atoms with E-state index in [9.17, 15) is 22.4 Å². The molecule has 0 saturated carbocycles. The van der Waals surface area contributed by atoms with E-state index in [1.807, 2.05) is 0 Å². The zero-order valence-electron chi connectivity index (χ0n) is 13.4. The third kappa shape index (κ3) is 3.30. The van der Waals surface area contributed by atoms with Gasteiger partial charge < -0.3 is 4.74 Å². The Balaban J connectivity index is 2.10. The van der Waals surface area contributed by atoms with Crippen LogP contribution in [0.1, 0.15) is 11.1 Å². The highest BCUT2D eigenvalue weighted by molar-refractivity contribution is 5.46. The zero-order valence-corrected chi connectivity index (χ0v) is 13.4. The molecule has 0 N–H and O–H groups in total. The van der Waals surface area contributed by atoms with Crippen molar-refractivity contribution in [3.8, 4) is 11.4 Å². The minimum atomic E-state index is -4.70. The molecule has 0 unspecified atom stereocenters. The molecule has 136 valence electrons. The van der Waals surface area contributed by atoms with Crippen LogP contribution in [0.25, 0.3) is 5.69 Å². The van der Waals surface area contributed by atoms with Gasteiger partial charge in [0.2, 0.25) is 0 Å². The Kier molecular flexibility index (Phi) is 4.49. The van der Waals surface area contributed by atoms with Gasteiger partial charge in [0.25, 0.3) is 0 Å². The van der Waals surface area contributed by atoms with E-state index in [-0.39, 0.29) is 17.0 Å². The molecule has 0 aliphatic heterocycles. The third-order valence-electron chi connectivity index (χ3n) is 3.62. The number of rotatable bonds is 4. The average Bonchev–Trinajstić information content (AvgIpc) is 2.92. The monoisotopic (exact) mass is 368 g/mol. The fourth-order valence-electron chi connectivity index (χ4n) is 2.37. The maximum atomic E-state index is 13.7. The van der Waals surface area contributed by atoms with E-state index in [1.54, 1.807) is 0 Å². The molecule has 0 aliphatic carbocycles. The summed E-state index contributed by atoms with van der Waals surface area (Å²) in [4.78, 5) is 12.0. The second kappa shape index (κ2) is 6.62. The number of tetrazole rings is 1. The highest BCUT2D eigenvalue weighted by atomic mass is 19.4. The summed E-state index contributed by atoms with van der Waals surface area (Å²) >= 11 is 0. The molecule has 1 aromatic heterocycles. The first-order valence-electron chi connectivity index (χ1n) is 7.35. The van der Waals surface area contributed by atoms with E-state index in [2.05, 4.69) is 10.4 Å². The number of para-hydroxylation sites is 1. The number of alkyl halides is 3. The fraction of sp³-hybridized carbons (Fsp3) is 0.188. The summed E-state index contributed by atoms with van der Waals surface area (Å²) in [7, 11) is 1.31. The molecule has 3 aromatic rings. The van der Waals surface area contributed by atoms with Crippen molar-refractivity contribution in [2.45, 2.75) is 12.8 Å².